The molecule has 2 aliphatic heterocycles. The fourth-order valence-corrected chi connectivity index (χ4v) is 2.69. The van der Waals surface area contributed by atoms with Gasteiger partial charge < -0.3 is 20.5 Å². The highest BCUT2D eigenvalue weighted by atomic mass is 16.5. The first-order chi connectivity index (χ1) is 8.51. The van der Waals surface area contributed by atoms with Crippen LogP contribution in [0.3, 0.4) is 0 Å². The van der Waals surface area contributed by atoms with Gasteiger partial charge in [0, 0.05) is 26.1 Å². The van der Waals surface area contributed by atoms with Crippen LogP contribution in [0.2, 0.25) is 0 Å². The lowest BCUT2D eigenvalue weighted by atomic mass is 9.97. The van der Waals surface area contributed by atoms with Gasteiger partial charge in [0.05, 0.1) is 12.6 Å². The summed E-state index contributed by atoms with van der Waals surface area (Å²) in [6, 6.07) is 0. The van der Waals surface area contributed by atoms with Gasteiger partial charge in [-0.25, -0.2) is 0 Å². The highest BCUT2D eigenvalue weighted by Crippen LogP contribution is 2.26. The molecule has 2 fully saturated rings. The van der Waals surface area contributed by atoms with Crippen LogP contribution in [0.15, 0.2) is 4.99 Å². The van der Waals surface area contributed by atoms with Crippen molar-refractivity contribution in [1.82, 2.24) is 4.90 Å². The number of hydrogen-bond donors (Lipinski definition) is 2. The predicted octanol–water partition coefficient (Wildman–Crippen LogP) is 0.573. The Labute approximate surface area is 109 Å². The summed E-state index contributed by atoms with van der Waals surface area (Å²) in [5.41, 5.74) is 5.18. The summed E-state index contributed by atoms with van der Waals surface area (Å²) in [6.45, 7) is 7.02. The van der Waals surface area contributed by atoms with Crippen molar-refractivity contribution in [2.75, 3.05) is 26.2 Å². The second kappa shape index (κ2) is 5.45. The number of likely N-dealkylation sites (tertiary alicyclic amines) is 1. The van der Waals surface area contributed by atoms with Crippen LogP contribution in [0.1, 0.15) is 33.1 Å². The third-order valence-electron chi connectivity index (χ3n) is 4.16. The van der Waals surface area contributed by atoms with Crippen molar-refractivity contribution >= 4 is 5.96 Å². The van der Waals surface area contributed by atoms with Crippen molar-refractivity contribution in [3.05, 3.63) is 0 Å². The number of rotatable bonds is 2. The van der Waals surface area contributed by atoms with Gasteiger partial charge in [-0.15, -0.1) is 0 Å². The molecule has 0 amide bonds. The van der Waals surface area contributed by atoms with E-state index in [0.717, 1.165) is 13.1 Å². The van der Waals surface area contributed by atoms with Crippen LogP contribution in [0.25, 0.3) is 0 Å². The topological polar surface area (TPSA) is 71.1 Å². The van der Waals surface area contributed by atoms with E-state index in [1.807, 2.05) is 6.92 Å². The molecule has 2 aliphatic rings. The molecule has 5 heteroatoms. The second-order valence-electron chi connectivity index (χ2n) is 5.73. The number of hydrogen-bond acceptors (Lipinski definition) is 3. The Kier molecular flexibility index (Phi) is 4.12. The molecular weight excluding hydrogens is 230 g/mol. The molecule has 18 heavy (non-hydrogen) atoms. The molecule has 2 saturated heterocycles. The Morgan fingerprint density at radius 2 is 2.33 bits per heavy atom. The molecule has 0 aromatic rings. The minimum Gasteiger partial charge on any atom is -0.385 e. The smallest absolute Gasteiger partial charge is 0.191 e. The van der Waals surface area contributed by atoms with E-state index in [4.69, 9.17) is 10.5 Å². The molecule has 0 bridgehead atoms. The average molecular weight is 255 g/mol. The van der Waals surface area contributed by atoms with E-state index in [2.05, 4.69) is 16.8 Å². The molecule has 0 saturated carbocycles. The van der Waals surface area contributed by atoms with E-state index >= 15 is 0 Å². The first kappa shape index (κ1) is 13.6. The molecule has 0 radical (unpaired) electrons. The molecule has 0 aromatic carbocycles. The molecule has 3 atom stereocenters. The van der Waals surface area contributed by atoms with Crippen LogP contribution >= 0.6 is 0 Å². The molecule has 2 rings (SSSR count). The zero-order chi connectivity index (χ0) is 13.2. The average Bonchev–Trinajstić information content (AvgIpc) is 2.67. The number of ether oxygens (including phenoxy) is 1. The second-order valence-corrected chi connectivity index (χ2v) is 5.73. The molecule has 5 nitrogen and oxygen atoms in total. The van der Waals surface area contributed by atoms with Crippen molar-refractivity contribution in [2.45, 2.75) is 44.8 Å². The van der Waals surface area contributed by atoms with E-state index in [0.29, 0.717) is 31.4 Å². The van der Waals surface area contributed by atoms with Crippen LogP contribution in [0.4, 0.5) is 0 Å². The first-order valence-corrected chi connectivity index (χ1v) is 6.90. The normalized spacial score (nSPS) is 38.2. The van der Waals surface area contributed by atoms with Gasteiger partial charge in [-0.2, -0.15) is 0 Å². The van der Waals surface area contributed by atoms with Crippen LogP contribution in [0.5, 0.6) is 0 Å². The van der Waals surface area contributed by atoms with E-state index in [1.165, 1.54) is 12.8 Å². The minimum absolute atomic E-state index is 0.158. The van der Waals surface area contributed by atoms with E-state index in [-0.39, 0.29) is 6.10 Å². The Bertz CT molecular complexity index is 321. The predicted molar refractivity (Wildman–Crippen MR) is 71.4 cm³/mol. The van der Waals surface area contributed by atoms with Crippen LogP contribution in [-0.2, 0) is 4.74 Å². The zero-order valence-corrected chi connectivity index (χ0v) is 11.4. The number of guanidine groups is 1. The fraction of sp³-hybridized carbons (Fsp3) is 0.923. The number of nitrogens with zero attached hydrogens (tertiary/aromatic N) is 2. The number of aliphatic hydroxyl groups is 1. The highest BCUT2D eigenvalue weighted by Gasteiger charge is 2.39. The summed E-state index contributed by atoms with van der Waals surface area (Å²) in [6.07, 6.45) is 2.91. The van der Waals surface area contributed by atoms with Gasteiger partial charge in [0.15, 0.2) is 5.96 Å². The molecule has 104 valence electrons. The molecule has 2 heterocycles. The Morgan fingerprint density at radius 1 is 1.56 bits per heavy atom. The molecule has 0 aromatic heterocycles. The van der Waals surface area contributed by atoms with Crippen molar-refractivity contribution in [3.63, 3.8) is 0 Å². The number of nitrogens with two attached hydrogens (primary N) is 1. The van der Waals surface area contributed by atoms with Crippen molar-refractivity contribution < 1.29 is 9.84 Å². The molecule has 0 spiro atoms. The maximum Gasteiger partial charge on any atom is 0.191 e. The van der Waals surface area contributed by atoms with Crippen LogP contribution in [-0.4, -0.2) is 53.9 Å². The summed E-state index contributed by atoms with van der Waals surface area (Å²) >= 11 is 0. The van der Waals surface area contributed by atoms with Gasteiger partial charge in [0.1, 0.15) is 5.60 Å². The lowest BCUT2D eigenvalue weighted by Crippen LogP contribution is -2.45. The largest absolute Gasteiger partial charge is 0.385 e. The third-order valence-corrected chi connectivity index (χ3v) is 4.16. The monoisotopic (exact) mass is 255 g/mol. The summed E-state index contributed by atoms with van der Waals surface area (Å²) < 4.78 is 5.39. The Balaban J connectivity index is 1.92. The Hall–Kier alpha value is -0.810. The molecule has 0 aliphatic carbocycles. The van der Waals surface area contributed by atoms with E-state index in [1.54, 1.807) is 0 Å². The van der Waals surface area contributed by atoms with Gasteiger partial charge in [-0.1, -0.05) is 6.92 Å². The van der Waals surface area contributed by atoms with Crippen molar-refractivity contribution in [3.8, 4) is 0 Å². The minimum atomic E-state index is -0.841. The Morgan fingerprint density at radius 3 is 2.94 bits per heavy atom. The maximum atomic E-state index is 10.4. The number of piperidine rings is 1. The molecule has 3 N–H and O–H groups in total. The van der Waals surface area contributed by atoms with Crippen molar-refractivity contribution in [2.24, 2.45) is 16.6 Å². The summed E-state index contributed by atoms with van der Waals surface area (Å²) in [7, 11) is 0. The van der Waals surface area contributed by atoms with Crippen LogP contribution < -0.4 is 5.73 Å². The maximum absolute atomic E-state index is 10.4. The molecule has 3 unspecified atom stereocenters. The van der Waals surface area contributed by atoms with E-state index in [9.17, 15) is 5.11 Å². The summed E-state index contributed by atoms with van der Waals surface area (Å²) in [5, 5.41) is 10.4. The van der Waals surface area contributed by atoms with Gasteiger partial charge in [-0.05, 0) is 25.7 Å². The van der Waals surface area contributed by atoms with Gasteiger partial charge in [-0.3, -0.25) is 4.99 Å². The third kappa shape index (κ3) is 2.95. The lowest BCUT2D eigenvalue weighted by molar-refractivity contribution is -0.0203. The highest BCUT2D eigenvalue weighted by molar-refractivity contribution is 5.78. The fourth-order valence-electron chi connectivity index (χ4n) is 2.69. The zero-order valence-electron chi connectivity index (χ0n) is 11.4. The SMILES string of the molecule is CC1CCCN(C(N)=NCC2(O)CCOC2C)C1. The van der Waals surface area contributed by atoms with E-state index < -0.39 is 5.60 Å². The summed E-state index contributed by atoms with van der Waals surface area (Å²) in [4.78, 5) is 6.50. The molecular formula is C13H25N3O2. The van der Waals surface area contributed by atoms with Gasteiger partial charge in [0.2, 0.25) is 0 Å². The number of aliphatic imine (C=N–C) groups is 1. The van der Waals surface area contributed by atoms with Crippen LogP contribution in [0, 0.1) is 5.92 Å². The quantitative estimate of drug-likeness (QED) is 0.559. The van der Waals surface area contributed by atoms with Crippen molar-refractivity contribution in [1.29, 1.82) is 0 Å². The first-order valence-electron chi connectivity index (χ1n) is 6.90. The van der Waals surface area contributed by atoms with Gasteiger partial charge in [0.25, 0.3) is 0 Å². The standard InChI is InChI=1S/C13H25N3O2/c1-10-4-3-6-16(8-10)12(14)15-9-13(17)5-7-18-11(13)2/h10-11,17H,3-9H2,1-2H3,(H2,14,15). The summed E-state index contributed by atoms with van der Waals surface area (Å²) in [5.74, 6) is 1.23. The van der Waals surface area contributed by atoms with Gasteiger partial charge >= 0.3 is 0 Å². The lowest BCUT2D eigenvalue weighted by Gasteiger charge is -2.32.